The Morgan fingerprint density at radius 3 is 2.67 bits per heavy atom. The average molecular weight is 311 g/mol. The summed E-state index contributed by atoms with van der Waals surface area (Å²) in [7, 11) is 0. The van der Waals surface area contributed by atoms with E-state index in [-0.39, 0.29) is 18.4 Å². The van der Waals surface area contributed by atoms with Crippen LogP contribution in [0.4, 0.5) is 5.69 Å². The highest BCUT2D eigenvalue weighted by atomic mass is 35.5. The van der Waals surface area contributed by atoms with Gasteiger partial charge in [0, 0.05) is 18.1 Å². The Kier molecular flexibility index (Phi) is 4.73. The predicted octanol–water partition coefficient (Wildman–Crippen LogP) is 2.32. The van der Waals surface area contributed by atoms with Gasteiger partial charge in [0.15, 0.2) is 6.10 Å². The third-order valence-corrected chi connectivity index (χ3v) is 3.77. The highest BCUT2D eigenvalue weighted by Crippen LogP contribution is 2.36. The molecule has 1 unspecified atom stereocenters. The maximum atomic E-state index is 12.3. The van der Waals surface area contributed by atoms with E-state index in [4.69, 9.17) is 16.3 Å². The van der Waals surface area contributed by atoms with Crippen LogP contribution in [0.1, 0.15) is 20.8 Å². The number of fused-ring (bicyclic) bond motifs is 1. The van der Waals surface area contributed by atoms with Gasteiger partial charge in [-0.05, 0) is 39.0 Å². The summed E-state index contributed by atoms with van der Waals surface area (Å²) >= 11 is 5.99. The molecule has 1 aromatic carbocycles. The van der Waals surface area contributed by atoms with Gasteiger partial charge in [0.2, 0.25) is 5.91 Å². The van der Waals surface area contributed by atoms with Gasteiger partial charge in [0.05, 0.1) is 5.69 Å². The highest BCUT2D eigenvalue weighted by Gasteiger charge is 2.33. The monoisotopic (exact) mass is 310 g/mol. The fourth-order valence-electron chi connectivity index (χ4n) is 2.35. The number of rotatable bonds is 4. The fourth-order valence-corrected chi connectivity index (χ4v) is 2.52. The number of anilines is 1. The number of benzene rings is 1. The van der Waals surface area contributed by atoms with E-state index in [0.717, 1.165) is 0 Å². The Labute approximate surface area is 129 Å². The van der Waals surface area contributed by atoms with Crippen molar-refractivity contribution in [2.45, 2.75) is 26.9 Å². The van der Waals surface area contributed by atoms with Gasteiger partial charge in [-0.2, -0.15) is 0 Å². The second kappa shape index (κ2) is 6.35. The first kappa shape index (κ1) is 15.6. The van der Waals surface area contributed by atoms with Crippen molar-refractivity contribution in [2.75, 3.05) is 24.5 Å². The number of hydrogen-bond donors (Lipinski definition) is 0. The Bertz CT molecular complexity index is 558. The maximum Gasteiger partial charge on any atom is 0.268 e. The van der Waals surface area contributed by atoms with Crippen molar-refractivity contribution in [1.29, 1.82) is 0 Å². The van der Waals surface area contributed by atoms with Crippen molar-refractivity contribution < 1.29 is 14.3 Å². The molecule has 1 aliphatic heterocycles. The van der Waals surface area contributed by atoms with E-state index in [1.54, 1.807) is 30.0 Å². The molecule has 1 aliphatic rings. The lowest BCUT2D eigenvalue weighted by Gasteiger charge is -2.33. The molecule has 0 spiro atoms. The Hall–Kier alpha value is -1.75. The smallest absolute Gasteiger partial charge is 0.268 e. The molecular weight excluding hydrogens is 292 g/mol. The second-order valence-electron chi connectivity index (χ2n) is 4.86. The summed E-state index contributed by atoms with van der Waals surface area (Å²) < 4.78 is 5.55. The van der Waals surface area contributed by atoms with Gasteiger partial charge in [0.1, 0.15) is 12.3 Å². The minimum atomic E-state index is -0.608. The van der Waals surface area contributed by atoms with Crippen molar-refractivity contribution in [2.24, 2.45) is 0 Å². The highest BCUT2D eigenvalue weighted by molar-refractivity contribution is 6.31. The average Bonchev–Trinajstić information content (AvgIpc) is 2.46. The van der Waals surface area contributed by atoms with E-state index in [0.29, 0.717) is 29.5 Å². The van der Waals surface area contributed by atoms with Crippen LogP contribution in [0.15, 0.2) is 18.2 Å². The third-order valence-electron chi connectivity index (χ3n) is 3.54. The van der Waals surface area contributed by atoms with Gasteiger partial charge in [-0.1, -0.05) is 11.6 Å². The maximum absolute atomic E-state index is 12.3. The zero-order valence-corrected chi connectivity index (χ0v) is 13.2. The summed E-state index contributed by atoms with van der Waals surface area (Å²) in [4.78, 5) is 27.7. The number of carbonyl (C=O) groups is 2. The van der Waals surface area contributed by atoms with Crippen LogP contribution < -0.4 is 9.64 Å². The van der Waals surface area contributed by atoms with Crippen LogP contribution in [0.2, 0.25) is 5.02 Å². The molecule has 2 rings (SSSR count). The molecule has 6 heteroatoms. The van der Waals surface area contributed by atoms with Gasteiger partial charge in [0.25, 0.3) is 5.91 Å². The van der Waals surface area contributed by atoms with Crippen molar-refractivity contribution in [3.05, 3.63) is 23.2 Å². The van der Waals surface area contributed by atoms with Crippen LogP contribution in [0.3, 0.4) is 0 Å². The van der Waals surface area contributed by atoms with Crippen LogP contribution >= 0.6 is 11.6 Å². The first-order valence-electron chi connectivity index (χ1n) is 7.03. The molecule has 5 nitrogen and oxygen atoms in total. The second-order valence-corrected chi connectivity index (χ2v) is 5.30. The molecule has 0 N–H and O–H groups in total. The van der Waals surface area contributed by atoms with Gasteiger partial charge < -0.3 is 9.64 Å². The van der Waals surface area contributed by atoms with Gasteiger partial charge in [-0.3, -0.25) is 14.5 Å². The molecule has 0 bridgehead atoms. The van der Waals surface area contributed by atoms with E-state index in [2.05, 4.69) is 0 Å². The first-order chi connectivity index (χ1) is 9.97. The number of ether oxygens (including phenoxy) is 1. The Morgan fingerprint density at radius 1 is 1.38 bits per heavy atom. The molecule has 0 radical (unpaired) electrons. The zero-order chi connectivity index (χ0) is 15.6. The molecule has 2 amide bonds. The lowest BCUT2D eigenvalue weighted by Crippen LogP contribution is -2.49. The van der Waals surface area contributed by atoms with E-state index in [1.807, 2.05) is 13.8 Å². The van der Waals surface area contributed by atoms with Crippen LogP contribution in [0.25, 0.3) is 0 Å². The minimum absolute atomic E-state index is 0.00154. The van der Waals surface area contributed by atoms with Crippen molar-refractivity contribution in [3.63, 3.8) is 0 Å². The number of carbonyl (C=O) groups excluding carboxylic acids is 2. The van der Waals surface area contributed by atoms with E-state index < -0.39 is 6.10 Å². The summed E-state index contributed by atoms with van der Waals surface area (Å²) in [5.41, 5.74) is 0.547. The van der Waals surface area contributed by atoms with Gasteiger partial charge >= 0.3 is 0 Å². The van der Waals surface area contributed by atoms with Crippen molar-refractivity contribution >= 4 is 29.1 Å². The van der Waals surface area contributed by atoms with Crippen molar-refractivity contribution in [3.8, 4) is 5.75 Å². The zero-order valence-electron chi connectivity index (χ0n) is 12.4. The van der Waals surface area contributed by atoms with Crippen molar-refractivity contribution in [1.82, 2.24) is 4.90 Å². The van der Waals surface area contributed by atoms with Crippen LogP contribution in [0.5, 0.6) is 5.75 Å². The summed E-state index contributed by atoms with van der Waals surface area (Å²) in [6.45, 7) is 6.74. The number of amides is 2. The van der Waals surface area contributed by atoms with Crippen LogP contribution in [-0.4, -0.2) is 42.5 Å². The van der Waals surface area contributed by atoms with E-state index in [9.17, 15) is 9.59 Å². The van der Waals surface area contributed by atoms with E-state index >= 15 is 0 Å². The third kappa shape index (κ3) is 3.13. The number of likely N-dealkylation sites (N-methyl/N-ethyl adjacent to an activating group) is 1. The largest absolute Gasteiger partial charge is 0.479 e. The standard InChI is InChI=1S/C15H19ClN2O3/c1-4-17(5-2)14(19)9-18-12-8-11(16)6-7-13(12)21-10(3)15(18)20/h6-8,10H,4-5,9H2,1-3H3. The molecule has 0 saturated carbocycles. The summed E-state index contributed by atoms with van der Waals surface area (Å²) in [6.07, 6.45) is -0.608. The first-order valence-corrected chi connectivity index (χ1v) is 7.41. The molecule has 0 saturated heterocycles. The normalized spacial score (nSPS) is 17.2. The van der Waals surface area contributed by atoms with Gasteiger partial charge in [-0.15, -0.1) is 0 Å². The molecule has 1 heterocycles. The quantitative estimate of drug-likeness (QED) is 0.857. The summed E-state index contributed by atoms with van der Waals surface area (Å²) in [5.74, 6) is 0.248. The molecule has 1 aromatic rings. The SMILES string of the molecule is CCN(CC)C(=O)CN1C(=O)C(C)Oc2ccc(Cl)cc21. The Morgan fingerprint density at radius 2 is 2.05 bits per heavy atom. The van der Waals surface area contributed by atoms with Crippen LogP contribution in [-0.2, 0) is 9.59 Å². The lowest BCUT2D eigenvalue weighted by molar-refractivity contribution is -0.132. The molecule has 0 fully saturated rings. The summed E-state index contributed by atoms with van der Waals surface area (Å²) in [5, 5.41) is 0.500. The molecule has 0 aliphatic carbocycles. The topological polar surface area (TPSA) is 49.9 Å². The number of nitrogens with zero attached hydrogens (tertiary/aromatic N) is 2. The molecule has 0 aromatic heterocycles. The molecule has 21 heavy (non-hydrogen) atoms. The van der Waals surface area contributed by atoms with Crippen LogP contribution in [0, 0.1) is 0 Å². The Balaban J connectivity index is 2.31. The number of halogens is 1. The minimum Gasteiger partial charge on any atom is -0.479 e. The fraction of sp³-hybridized carbons (Fsp3) is 0.467. The molecular formula is C15H19ClN2O3. The molecule has 1 atom stereocenters. The predicted molar refractivity (Wildman–Crippen MR) is 81.8 cm³/mol. The van der Waals surface area contributed by atoms with E-state index in [1.165, 1.54) is 4.90 Å². The lowest BCUT2D eigenvalue weighted by atomic mass is 10.2. The van der Waals surface area contributed by atoms with Gasteiger partial charge in [-0.25, -0.2) is 0 Å². The summed E-state index contributed by atoms with van der Waals surface area (Å²) in [6, 6.07) is 5.07. The number of hydrogen-bond acceptors (Lipinski definition) is 3. The molecule has 114 valence electrons.